The normalized spacial score (nSPS) is 25.4. The van der Waals surface area contributed by atoms with Crippen LogP contribution in [-0.4, -0.2) is 58.1 Å². The Morgan fingerprint density at radius 1 is 0.976 bits per heavy atom. The number of methoxy groups -OCH3 is 1. The van der Waals surface area contributed by atoms with E-state index in [4.69, 9.17) is 4.74 Å². The Balaban J connectivity index is 1.39. The van der Waals surface area contributed by atoms with Crippen LogP contribution in [0.3, 0.4) is 0 Å². The van der Waals surface area contributed by atoms with E-state index in [9.17, 15) is 18.0 Å². The first-order valence-corrected chi connectivity index (χ1v) is 16.6. The second-order valence-corrected chi connectivity index (χ2v) is 14.3. The summed E-state index contributed by atoms with van der Waals surface area (Å²) in [6.07, 6.45) is 9.28. The van der Waals surface area contributed by atoms with Gasteiger partial charge < -0.3 is 15.0 Å². The molecule has 0 saturated heterocycles. The molecule has 4 aliphatic carbocycles. The molecule has 2 amide bonds. The molecule has 0 heterocycles. The van der Waals surface area contributed by atoms with Crippen molar-refractivity contribution in [3.63, 3.8) is 0 Å². The molecule has 8 nitrogen and oxygen atoms in total. The van der Waals surface area contributed by atoms with Gasteiger partial charge in [-0.1, -0.05) is 31.2 Å². The molecule has 0 spiro atoms. The fourth-order valence-electron chi connectivity index (χ4n) is 8.07. The van der Waals surface area contributed by atoms with Gasteiger partial charge in [-0.15, -0.1) is 0 Å². The number of amides is 2. The van der Waals surface area contributed by atoms with Gasteiger partial charge in [0.2, 0.25) is 21.8 Å². The van der Waals surface area contributed by atoms with Gasteiger partial charge in [0.1, 0.15) is 18.3 Å². The average Bonchev–Trinajstić information content (AvgIpc) is 2.94. The van der Waals surface area contributed by atoms with E-state index < -0.39 is 22.0 Å². The molecule has 4 bridgehead atoms. The summed E-state index contributed by atoms with van der Waals surface area (Å²) in [6, 6.07) is 14.4. The first kappa shape index (κ1) is 29.4. The van der Waals surface area contributed by atoms with Crippen LogP contribution in [0.5, 0.6) is 5.75 Å². The molecule has 41 heavy (non-hydrogen) atoms. The third-order valence-electron chi connectivity index (χ3n) is 9.63. The quantitative estimate of drug-likeness (QED) is 0.422. The number of hydrogen-bond acceptors (Lipinski definition) is 5. The average molecular weight is 582 g/mol. The van der Waals surface area contributed by atoms with Gasteiger partial charge in [0, 0.05) is 13.6 Å². The first-order valence-electron chi connectivity index (χ1n) is 14.8. The van der Waals surface area contributed by atoms with Crippen LogP contribution in [0.1, 0.15) is 63.0 Å². The molecule has 1 atom stereocenters. The van der Waals surface area contributed by atoms with Crippen LogP contribution in [0.15, 0.2) is 48.5 Å². The van der Waals surface area contributed by atoms with E-state index in [1.165, 1.54) is 56.0 Å². The van der Waals surface area contributed by atoms with Crippen molar-refractivity contribution in [2.75, 3.05) is 31.3 Å². The summed E-state index contributed by atoms with van der Waals surface area (Å²) >= 11 is 0. The van der Waals surface area contributed by atoms with E-state index in [2.05, 4.69) is 17.4 Å². The van der Waals surface area contributed by atoms with Crippen molar-refractivity contribution >= 4 is 27.5 Å². The Morgan fingerprint density at radius 2 is 1.54 bits per heavy atom. The lowest BCUT2D eigenvalue weighted by molar-refractivity contribution is -0.140. The van der Waals surface area contributed by atoms with Crippen molar-refractivity contribution < 1.29 is 22.7 Å². The van der Waals surface area contributed by atoms with Crippen LogP contribution < -0.4 is 14.4 Å². The lowest BCUT2D eigenvalue weighted by Gasteiger charge is -2.57. The van der Waals surface area contributed by atoms with Crippen molar-refractivity contribution in [2.45, 2.75) is 69.9 Å². The van der Waals surface area contributed by atoms with Crippen LogP contribution in [0, 0.1) is 17.8 Å². The Labute approximate surface area is 244 Å². The Kier molecular flexibility index (Phi) is 8.37. The van der Waals surface area contributed by atoms with Gasteiger partial charge in [-0.3, -0.25) is 13.9 Å². The van der Waals surface area contributed by atoms with Crippen LogP contribution in [0.2, 0.25) is 0 Å². The largest absolute Gasteiger partial charge is 0.497 e. The summed E-state index contributed by atoms with van der Waals surface area (Å²) < 4.78 is 32.4. The van der Waals surface area contributed by atoms with Gasteiger partial charge in [0.15, 0.2) is 0 Å². The molecule has 4 aliphatic rings. The zero-order chi connectivity index (χ0) is 29.4. The van der Waals surface area contributed by atoms with E-state index in [0.717, 1.165) is 33.9 Å². The molecule has 4 saturated carbocycles. The number of nitrogens with one attached hydrogen (secondary N) is 1. The number of anilines is 1. The number of benzene rings is 2. The Bertz CT molecular complexity index is 1320. The number of likely N-dealkylation sites (N-methyl/N-ethyl adjacent to an activating group) is 1. The van der Waals surface area contributed by atoms with Gasteiger partial charge in [-0.2, -0.15) is 0 Å². The summed E-state index contributed by atoms with van der Waals surface area (Å²) in [4.78, 5) is 28.1. The Morgan fingerprint density at radius 3 is 2.00 bits per heavy atom. The molecule has 0 radical (unpaired) electrons. The molecule has 4 fully saturated rings. The highest BCUT2D eigenvalue weighted by Gasteiger charge is 2.51. The van der Waals surface area contributed by atoms with Gasteiger partial charge >= 0.3 is 0 Å². The number of carbonyl (C=O) groups excluding carboxylic acids is 2. The highest BCUT2D eigenvalue weighted by molar-refractivity contribution is 7.92. The highest BCUT2D eigenvalue weighted by atomic mass is 32.2. The number of ether oxygens (including phenoxy) is 1. The van der Waals surface area contributed by atoms with Gasteiger partial charge in [-0.25, -0.2) is 8.42 Å². The lowest BCUT2D eigenvalue weighted by atomic mass is 9.48. The highest BCUT2D eigenvalue weighted by Crippen LogP contribution is 2.60. The smallest absolute Gasteiger partial charge is 0.244 e. The van der Waals surface area contributed by atoms with Crippen molar-refractivity contribution in [1.82, 2.24) is 10.2 Å². The Hall–Kier alpha value is -3.07. The standard InChI is InChI=1S/C32H43N3O5S/c1-5-29(31(37)33-2)34(20-22-6-12-28(40-3)13-7-22)30(36)21-35(41(4,38)39)27-10-8-26(9-11-27)32-17-23-14-24(18-32)16-25(15-23)19-32/h6-13,23-25,29H,5,14-21H2,1-4H3,(H,33,37)/t23?,24?,25?,29-,32?/m0/s1. The molecule has 0 aromatic heterocycles. The van der Waals surface area contributed by atoms with Crippen molar-refractivity contribution in [2.24, 2.45) is 17.8 Å². The SMILES string of the molecule is CC[C@@H](C(=O)NC)N(Cc1ccc(OC)cc1)C(=O)CN(c1ccc(C23CC4CC(CC(C4)C2)C3)cc1)S(C)(=O)=O. The predicted molar refractivity (Wildman–Crippen MR) is 160 cm³/mol. The second-order valence-electron chi connectivity index (χ2n) is 12.4. The van der Waals surface area contributed by atoms with E-state index >= 15 is 0 Å². The fourth-order valence-corrected chi connectivity index (χ4v) is 8.92. The second kappa shape index (κ2) is 11.7. The van der Waals surface area contributed by atoms with Crippen molar-refractivity contribution in [1.29, 1.82) is 0 Å². The van der Waals surface area contributed by atoms with Gasteiger partial charge in [0.25, 0.3) is 0 Å². The lowest BCUT2D eigenvalue weighted by Crippen LogP contribution is -2.51. The van der Waals surface area contributed by atoms with Crippen LogP contribution >= 0.6 is 0 Å². The van der Waals surface area contributed by atoms with E-state index in [-0.39, 0.29) is 24.4 Å². The summed E-state index contributed by atoms with van der Waals surface area (Å²) in [6.45, 7) is 1.61. The molecule has 0 unspecified atom stereocenters. The molecule has 2 aromatic carbocycles. The van der Waals surface area contributed by atoms with Crippen LogP contribution in [0.25, 0.3) is 0 Å². The number of carbonyl (C=O) groups is 2. The number of rotatable bonds is 11. The maximum atomic E-state index is 13.8. The molecular weight excluding hydrogens is 538 g/mol. The summed E-state index contributed by atoms with van der Waals surface area (Å²) in [5.41, 5.74) is 2.78. The van der Waals surface area contributed by atoms with E-state index in [1.807, 2.05) is 31.2 Å². The van der Waals surface area contributed by atoms with Gasteiger partial charge in [-0.05, 0) is 104 Å². The van der Waals surface area contributed by atoms with E-state index in [1.54, 1.807) is 19.2 Å². The van der Waals surface area contributed by atoms with Gasteiger partial charge in [0.05, 0.1) is 19.1 Å². The maximum absolute atomic E-state index is 13.8. The molecule has 1 N–H and O–H groups in total. The minimum Gasteiger partial charge on any atom is -0.497 e. The monoisotopic (exact) mass is 581 g/mol. The zero-order valence-electron chi connectivity index (χ0n) is 24.6. The number of nitrogens with zero attached hydrogens (tertiary/aromatic N) is 2. The molecule has 6 rings (SSSR count). The minimum atomic E-state index is -3.78. The topological polar surface area (TPSA) is 96.0 Å². The molecule has 2 aromatic rings. The van der Waals surface area contributed by atoms with Crippen LogP contribution in [0.4, 0.5) is 5.69 Å². The van der Waals surface area contributed by atoms with E-state index in [0.29, 0.717) is 17.9 Å². The minimum absolute atomic E-state index is 0.164. The summed E-state index contributed by atoms with van der Waals surface area (Å²) in [7, 11) is -0.656. The van der Waals surface area contributed by atoms with Crippen molar-refractivity contribution in [3.05, 3.63) is 59.7 Å². The molecular formula is C32H43N3O5S. The number of sulfonamides is 1. The third-order valence-corrected chi connectivity index (χ3v) is 10.8. The predicted octanol–water partition coefficient (Wildman–Crippen LogP) is 4.48. The van der Waals surface area contributed by atoms with Crippen LogP contribution in [-0.2, 0) is 31.6 Å². The molecule has 9 heteroatoms. The third kappa shape index (κ3) is 6.10. The van der Waals surface area contributed by atoms with Crippen molar-refractivity contribution in [3.8, 4) is 5.75 Å². The fraction of sp³-hybridized carbons (Fsp3) is 0.562. The first-order chi connectivity index (χ1) is 19.5. The zero-order valence-corrected chi connectivity index (χ0v) is 25.5. The maximum Gasteiger partial charge on any atom is 0.244 e. The molecule has 222 valence electrons. The summed E-state index contributed by atoms with van der Waals surface area (Å²) in [5.74, 6) is 2.40. The molecule has 0 aliphatic heterocycles. The summed E-state index contributed by atoms with van der Waals surface area (Å²) in [5, 5.41) is 2.65. The number of hydrogen-bond donors (Lipinski definition) is 1.